The predicted octanol–water partition coefficient (Wildman–Crippen LogP) is 2.23. The van der Waals surface area contributed by atoms with Gasteiger partial charge < -0.3 is 10.8 Å². The summed E-state index contributed by atoms with van der Waals surface area (Å²) in [6, 6.07) is 2.92. The molecular weight excluding hydrogens is 292 g/mol. The first-order valence-electron chi connectivity index (χ1n) is 3.01. The van der Waals surface area contributed by atoms with E-state index in [1.165, 1.54) is 12.1 Å². The fourth-order valence-corrected chi connectivity index (χ4v) is 1.45. The molecule has 0 bridgehead atoms. The van der Waals surface area contributed by atoms with Gasteiger partial charge in [-0.3, -0.25) is 0 Å². The summed E-state index contributed by atoms with van der Waals surface area (Å²) in [5.74, 6) is -1.04. The number of rotatable bonds is 1. The van der Waals surface area contributed by atoms with Crippen LogP contribution < -0.4 is 5.73 Å². The highest BCUT2D eigenvalue weighted by molar-refractivity contribution is 14.1. The molecule has 0 heterocycles. The van der Waals surface area contributed by atoms with Crippen molar-refractivity contribution in [3.63, 3.8) is 0 Å². The Hall–Kier alpha value is -0.490. The van der Waals surface area contributed by atoms with Crippen LogP contribution in [-0.2, 0) is 0 Å². The molecule has 0 saturated carbocycles. The van der Waals surface area contributed by atoms with Crippen LogP contribution in [0.1, 0.15) is 10.4 Å². The lowest BCUT2D eigenvalue weighted by molar-refractivity contribution is 0.0697. The summed E-state index contributed by atoms with van der Waals surface area (Å²) in [6.45, 7) is 0. The maximum atomic E-state index is 10.6. The van der Waals surface area contributed by atoms with Crippen molar-refractivity contribution in [2.75, 3.05) is 5.73 Å². The Morgan fingerprint density at radius 1 is 1.58 bits per heavy atom. The van der Waals surface area contributed by atoms with E-state index < -0.39 is 5.97 Å². The predicted molar refractivity (Wildman–Crippen MR) is 55.5 cm³/mol. The summed E-state index contributed by atoms with van der Waals surface area (Å²) >= 11 is 7.63. The molecule has 12 heavy (non-hydrogen) atoms. The molecule has 1 rings (SSSR count). The molecule has 64 valence electrons. The zero-order valence-electron chi connectivity index (χ0n) is 5.84. The normalized spacial score (nSPS) is 9.83. The molecule has 3 N–H and O–H groups in total. The van der Waals surface area contributed by atoms with Gasteiger partial charge in [0.15, 0.2) is 0 Å². The Balaban J connectivity index is 3.36. The molecule has 0 spiro atoms. The number of benzene rings is 1. The van der Waals surface area contributed by atoms with Gasteiger partial charge in [0, 0.05) is 5.69 Å². The van der Waals surface area contributed by atoms with Crippen molar-refractivity contribution < 1.29 is 9.90 Å². The summed E-state index contributed by atoms with van der Waals surface area (Å²) in [6.07, 6.45) is 0. The number of carboxylic acids is 1. The molecule has 0 amide bonds. The second kappa shape index (κ2) is 3.49. The van der Waals surface area contributed by atoms with Crippen LogP contribution in [0, 0.1) is 3.57 Å². The van der Waals surface area contributed by atoms with E-state index in [4.69, 9.17) is 22.4 Å². The van der Waals surface area contributed by atoms with E-state index in [9.17, 15) is 4.79 Å². The van der Waals surface area contributed by atoms with Crippen LogP contribution in [0.4, 0.5) is 5.69 Å². The minimum atomic E-state index is -1.04. The van der Waals surface area contributed by atoms with Gasteiger partial charge >= 0.3 is 5.97 Å². The van der Waals surface area contributed by atoms with Crippen molar-refractivity contribution in [1.29, 1.82) is 0 Å². The van der Waals surface area contributed by atoms with E-state index in [-0.39, 0.29) is 10.6 Å². The second-order valence-electron chi connectivity index (χ2n) is 2.14. The van der Waals surface area contributed by atoms with Gasteiger partial charge in [0.05, 0.1) is 14.2 Å². The van der Waals surface area contributed by atoms with E-state index in [2.05, 4.69) is 0 Å². The molecule has 0 saturated heterocycles. The van der Waals surface area contributed by atoms with Crippen LogP contribution >= 0.6 is 34.2 Å². The van der Waals surface area contributed by atoms with Gasteiger partial charge in [-0.15, -0.1) is 0 Å². The standard InChI is InChI=1S/C7H5ClINO2/c8-5-3(7(11)12)1-2-4(10)6(5)9/h1-2H,10H2,(H,11,12). The van der Waals surface area contributed by atoms with Crippen molar-refractivity contribution in [3.05, 3.63) is 26.3 Å². The molecule has 0 unspecified atom stereocenters. The topological polar surface area (TPSA) is 63.3 Å². The maximum absolute atomic E-state index is 10.6. The summed E-state index contributed by atoms with van der Waals surface area (Å²) in [5.41, 5.74) is 6.08. The molecule has 0 fully saturated rings. The number of nitrogens with two attached hydrogens (primary N) is 1. The van der Waals surface area contributed by atoms with Gasteiger partial charge in [0.25, 0.3) is 0 Å². The monoisotopic (exact) mass is 297 g/mol. The highest BCUT2D eigenvalue weighted by atomic mass is 127. The third kappa shape index (κ3) is 1.64. The second-order valence-corrected chi connectivity index (χ2v) is 3.59. The van der Waals surface area contributed by atoms with Crippen LogP contribution in [0.5, 0.6) is 0 Å². The third-order valence-corrected chi connectivity index (χ3v) is 3.22. The Kier molecular flexibility index (Phi) is 2.79. The van der Waals surface area contributed by atoms with Crippen LogP contribution in [-0.4, -0.2) is 11.1 Å². The zero-order chi connectivity index (χ0) is 9.30. The number of anilines is 1. The molecule has 5 heteroatoms. The lowest BCUT2D eigenvalue weighted by Crippen LogP contribution is -2.00. The fourth-order valence-electron chi connectivity index (χ4n) is 0.730. The highest BCUT2D eigenvalue weighted by Crippen LogP contribution is 2.27. The Morgan fingerprint density at radius 3 is 2.67 bits per heavy atom. The van der Waals surface area contributed by atoms with E-state index >= 15 is 0 Å². The quantitative estimate of drug-likeness (QED) is 0.617. The average molecular weight is 297 g/mol. The minimum Gasteiger partial charge on any atom is -0.478 e. The first-order chi connectivity index (χ1) is 5.54. The van der Waals surface area contributed by atoms with Crippen LogP contribution in [0.2, 0.25) is 5.02 Å². The zero-order valence-corrected chi connectivity index (χ0v) is 8.76. The van der Waals surface area contributed by atoms with Gasteiger partial charge in [-0.05, 0) is 34.7 Å². The van der Waals surface area contributed by atoms with Gasteiger partial charge in [0.1, 0.15) is 0 Å². The highest BCUT2D eigenvalue weighted by Gasteiger charge is 2.12. The van der Waals surface area contributed by atoms with Crippen LogP contribution in [0.15, 0.2) is 12.1 Å². The summed E-state index contributed by atoms with van der Waals surface area (Å²) < 4.78 is 0.578. The minimum absolute atomic E-state index is 0.0790. The smallest absolute Gasteiger partial charge is 0.337 e. The van der Waals surface area contributed by atoms with Crippen molar-refractivity contribution >= 4 is 45.8 Å². The number of halogens is 2. The Labute approximate surface area is 87.7 Å². The van der Waals surface area contributed by atoms with E-state index in [0.29, 0.717) is 9.26 Å². The van der Waals surface area contributed by atoms with Crippen LogP contribution in [0.3, 0.4) is 0 Å². The molecule has 1 aromatic rings. The van der Waals surface area contributed by atoms with Gasteiger partial charge in [-0.1, -0.05) is 11.6 Å². The summed E-state index contributed by atoms with van der Waals surface area (Å²) in [4.78, 5) is 10.6. The van der Waals surface area contributed by atoms with Crippen LogP contribution in [0.25, 0.3) is 0 Å². The van der Waals surface area contributed by atoms with Crippen molar-refractivity contribution in [2.45, 2.75) is 0 Å². The number of nitrogen functional groups attached to an aromatic ring is 1. The fraction of sp³-hybridized carbons (Fsp3) is 0. The average Bonchev–Trinajstić information content (AvgIpc) is 2.00. The number of aromatic carboxylic acids is 1. The Bertz CT molecular complexity index is 340. The number of hydrogen-bond acceptors (Lipinski definition) is 2. The summed E-state index contributed by atoms with van der Waals surface area (Å²) in [7, 11) is 0. The van der Waals surface area contributed by atoms with Crippen molar-refractivity contribution in [3.8, 4) is 0 Å². The SMILES string of the molecule is Nc1ccc(C(=O)O)c(Cl)c1I. The van der Waals surface area contributed by atoms with Crippen molar-refractivity contribution in [1.82, 2.24) is 0 Å². The molecule has 0 aliphatic rings. The summed E-state index contributed by atoms with van der Waals surface area (Å²) in [5, 5.41) is 8.85. The van der Waals surface area contributed by atoms with Gasteiger partial charge in [0.2, 0.25) is 0 Å². The molecule has 1 aromatic carbocycles. The van der Waals surface area contributed by atoms with E-state index in [0.717, 1.165) is 0 Å². The third-order valence-electron chi connectivity index (χ3n) is 1.34. The number of hydrogen-bond donors (Lipinski definition) is 2. The molecule has 0 aliphatic heterocycles. The molecule has 0 aromatic heterocycles. The van der Waals surface area contributed by atoms with Gasteiger partial charge in [-0.2, -0.15) is 0 Å². The molecule has 0 aliphatic carbocycles. The van der Waals surface area contributed by atoms with E-state index in [1.54, 1.807) is 0 Å². The largest absolute Gasteiger partial charge is 0.478 e. The van der Waals surface area contributed by atoms with Crippen molar-refractivity contribution in [2.24, 2.45) is 0 Å². The number of carboxylic acid groups (broad SMARTS) is 1. The lowest BCUT2D eigenvalue weighted by atomic mass is 10.2. The molecular formula is C7H5ClINO2. The maximum Gasteiger partial charge on any atom is 0.337 e. The molecule has 3 nitrogen and oxygen atoms in total. The van der Waals surface area contributed by atoms with Gasteiger partial charge in [-0.25, -0.2) is 4.79 Å². The molecule has 0 radical (unpaired) electrons. The van der Waals surface area contributed by atoms with E-state index in [1.807, 2.05) is 22.6 Å². The first-order valence-corrected chi connectivity index (χ1v) is 4.46. The number of carbonyl (C=O) groups is 1. The lowest BCUT2D eigenvalue weighted by Gasteiger charge is -2.03. The Morgan fingerprint density at radius 2 is 2.17 bits per heavy atom. The first kappa shape index (κ1) is 9.60. The molecule has 0 atom stereocenters.